The number of nitrogens with zero attached hydrogens (tertiary/aromatic N) is 5. The summed E-state index contributed by atoms with van der Waals surface area (Å²) in [6, 6.07) is 19.7. The fraction of sp³-hybridized carbons (Fsp3) is 0.0455. The van der Waals surface area contributed by atoms with Gasteiger partial charge in [0.25, 0.3) is 0 Å². The van der Waals surface area contributed by atoms with Crippen LogP contribution in [-0.2, 0) is 0 Å². The Morgan fingerprint density at radius 1 is 1.07 bits per heavy atom. The molecule has 0 saturated heterocycles. The number of benzene rings is 2. The number of nitrogens with one attached hydrogen (secondary N) is 1. The van der Waals surface area contributed by atoms with E-state index in [4.69, 9.17) is 14.4 Å². The van der Waals surface area contributed by atoms with Crippen LogP contribution in [0.5, 0.6) is 0 Å². The number of para-hydroxylation sites is 1. The van der Waals surface area contributed by atoms with Crippen molar-refractivity contribution in [3.63, 3.8) is 0 Å². The van der Waals surface area contributed by atoms with Crippen LogP contribution in [0.1, 0.15) is 18.2 Å². The first-order valence-electron chi connectivity index (χ1n) is 9.32. The van der Waals surface area contributed by atoms with Crippen LogP contribution in [0.3, 0.4) is 0 Å². The van der Waals surface area contributed by atoms with Crippen molar-refractivity contribution in [2.24, 2.45) is 15.1 Å². The summed E-state index contributed by atoms with van der Waals surface area (Å²) < 4.78 is 6.28. The number of hydrazone groups is 1. The van der Waals surface area contributed by atoms with E-state index in [9.17, 15) is 0 Å². The van der Waals surface area contributed by atoms with E-state index in [0.717, 1.165) is 33.1 Å². The van der Waals surface area contributed by atoms with E-state index in [1.54, 1.807) is 18.7 Å². The minimum absolute atomic E-state index is 0.656. The maximum Gasteiger partial charge on any atom is 0.165 e. The highest BCUT2D eigenvalue weighted by Gasteiger charge is 2.34. The van der Waals surface area contributed by atoms with Crippen molar-refractivity contribution in [3.05, 3.63) is 94.7 Å². The second kappa shape index (κ2) is 7.64. The van der Waals surface area contributed by atoms with Gasteiger partial charge in [-0.25, -0.2) is 20.0 Å². The Labute approximate surface area is 181 Å². The molecule has 0 unspecified atom stereocenters. The van der Waals surface area contributed by atoms with Crippen LogP contribution >= 0.6 is 15.9 Å². The lowest BCUT2D eigenvalue weighted by molar-refractivity contribution is 0.543. The molecule has 30 heavy (non-hydrogen) atoms. The molecule has 2 aromatic carbocycles. The number of amidine groups is 2. The van der Waals surface area contributed by atoms with Crippen molar-refractivity contribution in [2.75, 3.05) is 5.01 Å². The third-order valence-corrected chi connectivity index (χ3v) is 5.13. The van der Waals surface area contributed by atoms with Crippen molar-refractivity contribution in [2.45, 2.75) is 6.92 Å². The average Bonchev–Trinajstić information content (AvgIpc) is 3.28. The summed E-state index contributed by atoms with van der Waals surface area (Å²) in [6.07, 6.45) is 4.99. The SMILES string of the molecule is CC1=Nc2ccc(Br)cc2C2=NC=C(N/N=C/c3ccco3)N(c3ccccc3)N12. The van der Waals surface area contributed by atoms with Crippen LogP contribution in [0.15, 0.2) is 103 Å². The third kappa shape index (κ3) is 3.31. The standard InChI is InChI=1S/C22H17BrN6O/c1-15-26-20-10-9-16(23)12-19(20)22-24-14-21(27-25-13-18-8-5-11-30-18)29(28(15)22)17-6-3-2-4-7-17/h2-14,27H,1H3/b25-13+. The molecule has 0 radical (unpaired) electrons. The molecule has 0 amide bonds. The first-order chi connectivity index (χ1) is 14.7. The molecular weight excluding hydrogens is 444 g/mol. The van der Waals surface area contributed by atoms with Gasteiger partial charge >= 0.3 is 0 Å². The van der Waals surface area contributed by atoms with Gasteiger partial charge in [0.05, 0.1) is 30.1 Å². The maximum absolute atomic E-state index is 5.30. The molecule has 1 aromatic heterocycles. The second-order valence-electron chi connectivity index (χ2n) is 6.63. The van der Waals surface area contributed by atoms with E-state index in [1.807, 2.05) is 77.6 Å². The molecular formula is C22H17BrN6O. The summed E-state index contributed by atoms with van der Waals surface area (Å²) in [5.74, 6) is 2.93. The number of fused-ring (bicyclic) bond motifs is 3. The summed E-state index contributed by atoms with van der Waals surface area (Å²) in [5.41, 5.74) is 5.87. The fourth-order valence-electron chi connectivity index (χ4n) is 3.35. The van der Waals surface area contributed by atoms with Crippen LogP contribution in [-0.4, -0.2) is 22.9 Å². The van der Waals surface area contributed by atoms with E-state index in [1.165, 1.54) is 0 Å². The topological polar surface area (TPSA) is 68.7 Å². The summed E-state index contributed by atoms with van der Waals surface area (Å²) in [7, 11) is 0. The van der Waals surface area contributed by atoms with Gasteiger partial charge < -0.3 is 4.42 Å². The molecule has 0 fully saturated rings. The van der Waals surface area contributed by atoms with Crippen molar-refractivity contribution in [1.82, 2.24) is 10.4 Å². The quantitative estimate of drug-likeness (QED) is 0.438. The zero-order chi connectivity index (χ0) is 20.5. The van der Waals surface area contributed by atoms with E-state index in [0.29, 0.717) is 11.6 Å². The van der Waals surface area contributed by atoms with Crippen LogP contribution in [0.4, 0.5) is 11.4 Å². The van der Waals surface area contributed by atoms with Gasteiger partial charge in [0.1, 0.15) is 11.6 Å². The molecule has 0 atom stereocenters. The van der Waals surface area contributed by atoms with Crippen LogP contribution in [0, 0.1) is 0 Å². The zero-order valence-electron chi connectivity index (χ0n) is 16.0. The summed E-state index contributed by atoms with van der Waals surface area (Å²) >= 11 is 3.56. The lowest BCUT2D eigenvalue weighted by atomic mass is 10.1. The van der Waals surface area contributed by atoms with Crippen LogP contribution in [0.25, 0.3) is 0 Å². The number of hydrazine groups is 1. The minimum atomic E-state index is 0.656. The Bertz CT molecular complexity index is 1200. The molecule has 7 nitrogen and oxygen atoms in total. The molecule has 0 saturated carbocycles. The van der Waals surface area contributed by atoms with Gasteiger partial charge in [0, 0.05) is 10.0 Å². The lowest BCUT2D eigenvalue weighted by Crippen LogP contribution is -2.54. The van der Waals surface area contributed by atoms with Crippen molar-refractivity contribution < 1.29 is 4.42 Å². The molecule has 3 heterocycles. The number of hydrogen-bond acceptors (Lipinski definition) is 7. The highest BCUT2D eigenvalue weighted by Crippen LogP contribution is 2.34. The Morgan fingerprint density at radius 3 is 2.73 bits per heavy atom. The van der Waals surface area contributed by atoms with E-state index < -0.39 is 0 Å². The Kier molecular flexibility index (Phi) is 4.68. The van der Waals surface area contributed by atoms with Crippen molar-refractivity contribution >= 4 is 45.2 Å². The van der Waals surface area contributed by atoms with Gasteiger partial charge in [0.2, 0.25) is 0 Å². The first kappa shape index (κ1) is 18.4. The van der Waals surface area contributed by atoms with Gasteiger partial charge in [-0.2, -0.15) is 5.10 Å². The van der Waals surface area contributed by atoms with Gasteiger partial charge in [0.15, 0.2) is 11.7 Å². The van der Waals surface area contributed by atoms with Crippen LogP contribution < -0.4 is 10.4 Å². The van der Waals surface area contributed by atoms with Crippen LogP contribution in [0.2, 0.25) is 0 Å². The van der Waals surface area contributed by atoms with E-state index >= 15 is 0 Å². The number of furan rings is 1. The molecule has 0 spiro atoms. The molecule has 2 aliphatic heterocycles. The average molecular weight is 461 g/mol. The molecule has 8 heteroatoms. The maximum atomic E-state index is 5.30. The van der Waals surface area contributed by atoms with E-state index in [-0.39, 0.29) is 0 Å². The van der Waals surface area contributed by atoms with Gasteiger partial charge in [-0.3, -0.25) is 5.43 Å². The normalized spacial score (nSPS) is 15.3. The van der Waals surface area contributed by atoms with Gasteiger partial charge in [-0.1, -0.05) is 34.1 Å². The Morgan fingerprint density at radius 2 is 1.93 bits per heavy atom. The highest BCUT2D eigenvalue weighted by molar-refractivity contribution is 9.10. The molecule has 1 N–H and O–H groups in total. The first-order valence-corrected chi connectivity index (χ1v) is 10.1. The number of hydrogen-bond donors (Lipinski definition) is 1. The molecule has 0 aliphatic carbocycles. The van der Waals surface area contributed by atoms with Gasteiger partial charge in [-0.05, 0) is 49.4 Å². The van der Waals surface area contributed by atoms with Gasteiger partial charge in [-0.15, -0.1) is 0 Å². The smallest absolute Gasteiger partial charge is 0.165 e. The molecule has 5 rings (SSSR count). The molecule has 2 aliphatic rings. The highest BCUT2D eigenvalue weighted by atomic mass is 79.9. The zero-order valence-corrected chi connectivity index (χ0v) is 17.6. The van der Waals surface area contributed by atoms with Crippen molar-refractivity contribution in [1.29, 1.82) is 0 Å². The predicted octanol–water partition coefficient (Wildman–Crippen LogP) is 5.01. The Balaban J connectivity index is 1.59. The minimum Gasteiger partial charge on any atom is -0.463 e. The number of anilines is 1. The second-order valence-corrected chi connectivity index (χ2v) is 7.55. The monoisotopic (exact) mass is 460 g/mol. The molecule has 0 bridgehead atoms. The Hall–Kier alpha value is -3.65. The largest absolute Gasteiger partial charge is 0.463 e. The van der Waals surface area contributed by atoms with Crippen molar-refractivity contribution in [3.8, 4) is 0 Å². The molecule has 3 aromatic rings. The lowest BCUT2D eigenvalue weighted by Gasteiger charge is -2.42. The third-order valence-electron chi connectivity index (χ3n) is 4.64. The summed E-state index contributed by atoms with van der Waals surface area (Å²) in [6.45, 7) is 1.96. The number of rotatable bonds is 4. The summed E-state index contributed by atoms with van der Waals surface area (Å²) in [5, 5.41) is 8.30. The number of aliphatic imine (C=N–C) groups is 2. The number of halogens is 1. The predicted molar refractivity (Wildman–Crippen MR) is 122 cm³/mol. The molecule has 148 valence electrons. The fourth-order valence-corrected chi connectivity index (χ4v) is 3.71. The van der Waals surface area contributed by atoms with E-state index in [2.05, 4.69) is 26.5 Å². The summed E-state index contributed by atoms with van der Waals surface area (Å²) in [4.78, 5) is 9.53.